The molecule has 2 aliphatic heterocycles. The topological polar surface area (TPSA) is 46.6 Å². The van der Waals surface area contributed by atoms with Crippen molar-refractivity contribution < 1.29 is 14.3 Å². The number of fused-ring (bicyclic) bond motifs is 1. The summed E-state index contributed by atoms with van der Waals surface area (Å²) in [6.45, 7) is 2.90. The van der Waals surface area contributed by atoms with Gasteiger partial charge in [-0.3, -0.25) is 9.59 Å². The van der Waals surface area contributed by atoms with Gasteiger partial charge in [-0.2, -0.15) is 11.8 Å². The molecule has 0 saturated carbocycles. The molecule has 2 rings (SSSR count). The van der Waals surface area contributed by atoms with Crippen LogP contribution in [0.2, 0.25) is 0 Å². The molecule has 0 aliphatic carbocycles. The van der Waals surface area contributed by atoms with E-state index in [1.807, 2.05) is 11.8 Å². The fraction of sp³-hybridized carbons (Fsp3) is 0.857. The maximum atomic E-state index is 11.9. The third-order valence-corrected chi connectivity index (χ3v) is 5.76. The number of carbonyl (C=O) groups is 2. The zero-order valence-corrected chi connectivity index (χ0v) is 12.6. The van der Waals surface area contributed by atoms with E-state index in [4.69, 9.17) is 0 Å². The van der Waals surface area contributed by atoms with E-state index in [2.05, 4.69) is 16.6 Å². The SMILES string of the molecule is CCN1C(=O)C[C@H]2CS[C@@H](CCCCC(=O)OC)[C@H]21. The van der Waals surface area contributed by atoms with Crippen molar-refractivity contribution >= 4 is 23.6 Å². The Bertz CT molecular complexity index is 348. The molecule has 2 aliphatic rings. The number of nitrogens with zero attached hydrogens (tertiary/aromatic N) is 1. The third kappa shape index (κ3) is 3.25. The molecular weight excluding hydrogens is 262 g/mol. The standard InChI is InChI=1S/C14H23NO3S/c1-3-15-12(16)8-10-9-19-11(14(10)15)6-4-5-7-13(17)18-2/h10-11,14H,3-9H2,1-2H3/t10-,11-,14-/m0/s1. The molecule has 0 aromatic carbocycles. The van der Waals surface area contributed by atoms with Crippen LogP contribution >= 0.6 is 11.8 Å². The number of methoxy groups -OCH3 is 1. The highest BCUT2D eigenvalue weighted by Gasteiger charge is 2.47. The van der Waals surface area contributed by atoms with E-state index < -0.39 is 0 Å². The summed E-state index contributed by atoms with van der Waals surface area (Å²) < 4.78 is 4.64. The van der Waals surface area contributed by atoms with E-state index in [0.717, 1.165) is 38.0 Å². The van der Waals surface area contributed by atoms with Crippen molar-refractivity contribution in [2.24, 2.45) is 5.92 Å². The summed E-state index contributed by atoms with van der Waals surface area (Å²) in [6.07, 6.45) is 4.29. The van der Waals surface area contributed by atoms with Crippen LogP contribution in [0.25, 0.3) is 0 Å². The van der Waals surface area contributed by atoms with E-state index in [1.54, 1.807) is 0 Å². The summed E-state index contributed by atoms with van der Waals surface area (Å²) in [5.74, 6) is 1.89. The van der Waals surface area contributed by atoms with Gasteiger partial charge in [-0.05, 0) is 31.4 Å². The highest BCUT2D eigenvalue weighted by Crippen LogP contribution is 2.43. The van der Waals surface area contributed by atoms with Crippen molar-refractivity contribution in [1.29, 1.82) is 0 Å². The zero-order valence-electron chi connectivity index (χ0n) is 11.8. The minimum Gasteiger partial charge on any atom is -0.469 e. The van der Waals surface area contributed by atoms with Gasteiger partial charge in [0.05, 0.1) is 7.11 Å². The molecule has 108 valence electrons. The number of likely N-dealkylation sites (tertiary alicyclic amines) is 1. The monoisotopic (exact) mass is 285 g/mol. The second-order valence-electron chi connectivity index (χ2n) is 5.33. The maximum absolute atomic E-state index is 11.9. The Morgan fingerprint density at radius 3 is 2.95 bits per heavy atom. The second-order valence-corrected chi connectivity index (χ2v) is 6.60. The number of esters is 1. The van der Waals surface area contributed by atoms with Crippen molar-refractivity contribution in [2.75, 3.05) is 19.4 Å². The molecule has 0 bridgehead atoms. The molecule has 0 spiro atoms. The zero-order chi connectivity index (χ0) is 13.8. The average molecular weight is 285 g/mol. The average Bonchev–Trinajstić information content (AvgIpc) is 2.92. The van der Waals surface area contributed by atoms with E-state index in [0.29, 0.717) is 29.5 Å². The lowest BCUT2D eigenvalue weighted by Gasteiger charge is -2.27. The Labute approximate surface area is 119 Å². The highest BCUT2D eigenvalue weighted by atomic mass is 32.2. The van der Waals surface area contributed by atoms with Crippen LogP contribution in [0.3, 0.4) is 0 Å². The molecule has 0 aromatic heterocycles. The second kappa shape index (κ2) is 6.64. The van der Waals surface area contributed by atoms with Crippen LogP contribution in [-0.4, -0.2) is 47.5 Å². The predicted molar refractivity (Wildman–Crippen MR) is 76.0 cm³/mol. The number of hydrogen-bond acceptors (Lipinski definition) is 4. The molecule has 0 unspecified atom stereocenters. The Morgan fingerprint density at radius 1 is 1.47 bits per heavy atom. The van der Waals surface area contributed by atoms with Gasteiger partial charge in [0.15, 0.2) is 0 Å². The minimum absolute atomic E-state index is 0.122. The van der Waals surface area contributed by atoms with E-state index in [1.165, 1.54) is 7.11 Å². The first-order valence-electron chi connectivity index (χ1n) is 7.15. The first-order chi connectivity index (χ1) is 9.17. The molecule has 0 N–H and O–H groups in total. The van der Waals surface area contributed by atoms with Gasteiger partial charge in [0, 0.05) is 30.7 Å². The highest BCUT2D eigenvalue weighted by molar-refractivity contribution is 8.00. The first-order valence-corrected chi connectivity index (χ1v) is 8.20. The molecular formula is C14H23NO3S. The molecule has 0 radical (unpaired) electrons. The fourth-order valence-electron chi connectivity index (χ4n) is 3.25. The van der Waals surface area contributed by atoms with Gasteiger partial charge in [-0.25, -0.2) is 0 Å². The molecule has 2 fully saturated rings. The summed E-state index contributed by atoms with van der Waals surface area (Å²) in [4.78, 5) is 25.0. The van der Waals surface area contributed by atoms with Crippen LogP contribution in [0.5, 0.6) is 0 Å². The van der Waals surface area contributed by atoms with Crippen LogP contribution in [0, 0.1) is 5.92 Å². The quantitative estimate of drug-likeness (QED) is 0.554. The van der Waals surface area contributed by atoms with Gasteiger partial charge in [-0.1, -0.05) is 6.42 Å². The summed E-state index contributed by atoms with van der Waals surface area (Å²) in [5, 5.41) is 0.564. The number of amides is 1. The molecule has 1 amide bonds. The summed E-state index contributed by atoms with van der Waals surface area (Å²) in [7, 11) is 1.43. The van der Waals surface area contributed by atoms with Gasteiger partial charge in [0.1, 0.15) is 0 Å². The van der Waals surface area contributed by atoms with E-state index in [-0.39, 0.29) is 5.97 Å². The summed E-state index contributed by atoms with van der Waals surface area (Å²) in [5.41, 5.74) is 0. The van der Waals surface area contributed by atoms with Crippen LogP contribution in [0.15, 0.2) is 0 Å². The smallest absolute Gasteiger partial charge is 0.305 e. The lowest BCUT2D eigenvalue weighted by atomic mass is 9.97. The van der Waals surface area contributed by atoms with Crippen LogP contribution in [-0.2, 0) is 14.3 Å². The lowest BCUT2D eigenvalue weighted by molar-refractivity contribution is -0.140. The Morgan fingerprint density at radius 2 is 2.26 bits per heavy atom. The van der Waals surface area contributed by atoms with Crippen LogP contribution < -0.4 is 0 Å². The van der Waals surface area contributed by atoms with Gasteiger partial charge < -0.3 is 9.64 Å². The number of thioether (sulfide) groups is 1. The van der Waals surface area contributed by atoms with Gasteiger partial charge in [0.25, 0.3) is 0 Å². The van der Waals surface area contributed by atoms with Crippen molar-refractivity contribution in [3.05, 3.63) is 0 Å². The Kier molecular flexibility index (Phi) is 5.13. The normalized spacial score (nSPS) is 29.7. The summed E-state index contributed by atoms with van der Waals surface area (Å²) in [6, 6.07) is 0.445. The van der Waals surface area contributed by atoms with E-state index in [9.17, 15) is 9.59 Å². The largest absolute Gasteiger partial charge is 0.469 e. The first kappa shape index (κ1) is 14.7. The van der Waals surface area contributed by atoms with Gasteiger partial charge >= 0.3 is 5.97 Å². The van der Waals surface area contributed by atoms with Crippen LogP contribution in [0.1, 0.15) is 39.0 Å². The molecule has 19 heavy (non-hydrogen) atoms. The minimum atomic E-state index is -0.122. The molecule has 2 saturated heterocycles. The predicted octanol–water partition coefficient (Wildman–Crippen LogP) is 2.07. The Hall–Kier alpha value is -0.710. The molecule has 2 heterocycles. The number of carbonyl (C=O) groups excluding carboxylic acids is 2. The van der Waals surface area contributed by atoms with Crippen molar-refractivity contribution in [1.82, 2.24) is 4.90 Å². The summed E-state index contributed by atoms with van der Waals surface area (Å²) >= 11 is 2.01. The molecule has 5 heteroatoms. The molecule has 3 atom stereocenters. The number of hydrogen-bond donors (Lipinski definition) is 0. The fourth-order valence-corrected chi connectivity index (χ4v) is 4.96. The van der Waals surface area contributed by atoms with E-state index >= 15 is 0 Å². The molecule has 4 nitrogen and oxygen atoms in total. The van der Waals surface area contributed by atoms with Crippen molar-refractivity contribution in [3.8, 4) is 0 Å². The number of rotatable bonds is 6. The van der Waals surface area contributed by atoms with Crippen molar-refractivity contribution in [3.63, 3.8) is 0 Å². The number of ether oxygens (including phenoxy) is 1. The van der Waals surface area contributed by atoms with Gasteiger partial charge in [0.2, 0.25) is 5.91 Å². The maximum Gasteiger partial charge on any atom is 0.305 e. The van der Waals surface area contributed by atoms with Crippen LogP contribution in [0.4, 0.5) is 0 Å². The lowest BCUT2D eigenvalue weighted by Crippen LogP contribution is -2.39. The molecule has 0 aromatic rings. The van der Waals surface area contributed by atoms with Crippen molar-refractivity contribution in [2.45, 2.75) is 50.3 Å². The van der Waals surface area contributed by atoms with Gasteiger partial charge in [-0.15, -0.1) is 0 Å². The Balaban J connectivity index is 1.78. The number of unbranched alkanes of at least 4 members (excludes halogenated alkanes) is 1. The third-order valence-electron chi connectivity index (χ3n) is 4.19.